The number of fused-ring (bicyclic) bond motifs is 3. The second-order valence-corrected chi connectivity index (χ2v) is 4.38. The molecule has 0 saturated heterocycles. The number of ether oxygens (including phenoxy) is 1. The predicted octanol–water partition coefficient (Wildman–Crippen LogP) is 4.01. The zero-order valence-corrected chi connectivity index (χ0v) is 9.17. The van der Waals surface area contributed by atoms with E-state index in [0.717, 1.165) is 5.75 Å². The largest absolute Gasteiger partial charge is 0.495 e. The van der Waals surface area contributed by atoms with Crippen LogP contribution in [0.3, 0.4) is 0 Å². The molecule has 3 rings (SSSR count). The topological polar surface area (TPSA) is 9.23 Å². The van der Waals surface area contributed by atoms with Gasteiger partial charge in [-0.15, -0.1) is 11.3 Å². The molecule has 1 aromatic heterocycles. The summed E-state index contributed by atoms with van der Waals surface area (Å²) in [6.45, 7) is 0. The van der Waals surface area contributed by atoms with E-state index in [1.807, 2.05) is 6.07 Å². The molecule has 0 saturated carbocycles. The smallest absolute Gasteiger partial charge is 0.138 e. The number of methoxy groups -OCH3 is 1. The van der Waals surface area contributed by atoms with Gasteiger partial charge in [0, 0.05) is 15.5 Å². The van der Waals surface area contributed by atoms with Gasteiger partial charge in [-0.3, -0.25) is 0 Å². The highest BCUT2D eigenvalue weighted by atomic mass is 32.1. The molecule has 0 aliphatic heterocycles. The Balaban J connectivity index is 2.45. The highest BCUT2D eigenvalue weighted by Crippen LogP contribution is 2.42. The zero-order valence-electron chi connectivity index (χ0n) is 8.36. The standard InChI is InChI=1S/C13H10OS/c1-14-11-8-15-12-7-9-5-3-2-4-6-10(9)13(11)12/h2-8H,1H3. The van der Waals surface area contributed by atoms with Gasteiger partial charge in [0.2, 0.25) is 0 Å². The highest BCUT2D eigenvalue weighted by Gasteiger charge is 2.13. The van der Waals surface area contributed by atoms with E-state index in [9.17, 15) is 0 Å². The summed E-state index contributed by atoms with van der Waals surface area (Å²) >= 11 is 1.74. The minimum atomic E-state index is 0.983. The van der Waals surface area contributed by atoms with Gasteiger partial charge < -0.3 is 4.74 Å². The Bertz CT molecular complexity index is 582. The van der Waals surface area contributed by atoms with Gasteiger partial charge in [-0.2, -0.15) is 0 Å². The van der Waals surface area contributed by atoms with Crippen molar-refractivity contribution in [3.8, 4) is 16.9 Å². The van der Waals surface area contributed by atoms with Crippen LogP contribution in [0, 0.1) is 0 Å². The Kier molecular flexibility index (Phi) is 1.89. The van der Waals surface area contributed by atoms with Crippen LogP contribution < -0.4 is 4.74 Å². The molecule has 0 aromatic carbocycles. The first-order valence-corrected chi connectivity index (χ1v) is 5.71. The van der Waals surface area contributed by atoms with Crippen LogP contribution >= 0.6 is 11.3 Å². The summed E-state index contributed by atoms with van der Waals surface area (Å²) in [5.74, 6) is 0.983. The normalized spacial score (nSPS) is 11.0. The van der Waals surface area contributed by atoms with Crippen LogP contribution in [-0.4, -0.2) is 7.11 Å². The SMILES string of the molecule is COc1csc2cc3cccccc-3c12. The number of thiophene rings is 1. The monoisotopic (exact) mass is 214 g/mol. The Hall–Kier alpha value is -1.54. The molecule has 2 aliphatic rings. The molecule has 1 aromatic rings. The van der Waals surface area contributed by atoms with E-state index in [1.54, 1.807) is 18.4 Å². The zero-order chi connectivity index (χ0) is 10.3. The van der Waals surface area contributed by atoms with Gasteiger partial charge >= 0.3 is 0 Å². The van der Waals surface area contributed by atoms with Crippen LogP contribution in [-0.2, 0) is 0 Å². The van der Waals surface area contributed by atoms with Gasteiger partial charge in [0.15, 0.2) is 0 Å². The fourth-order valence-corrected chi connectivity index (χ4v) is 2.91. The van der Waals surface area contributed by atoms with Crippen molar-refractivity contribution >= 4 is 21.4 Å². The second-order valence-electron chi connectivity index (χ2n) is 3.47. The third-order valence-electron chi connectivity index (χ3n) is 2.63. The Morgan fingerprint density at radius 1 is 1.13 bits per heavy atom. The first-order valence-electron chi connectivity index (χ1n) is 4.83. The first kappa shape index (κ1) is 8.74. The predicted molar refractivity (Wildman–Crippen MR) is 65.0 cm³/mol. The van der Waals surface area contributed by atoms with Crippen molar-refractivity contribution in [1.29, 1.82) is 0 Å². The third-order valence-corrected chi connectivity index (χ3v) is 3.54. The molecule has 0 unspecified atom stereocenters. The summed E-state index contributed by atoms with van der Waals surface area (Å²) in [6, 6.07) is 12.7. The summed E-state index contributed by atoms with van der Waals surface area (Å²) < 4.78 is 6.67. The lowest BCUT2D eigenvalue weighted by atomic mass is 10.1. The summed E-state index contributed by atoms with van der Waals surface area (Å²) in [7, 11) is 1.73. The van der Waals surface area contributed by atoms with Crippen LogP contribution in [0.5, 0.6) is 5.75 Å². The van der Waals surface area contributed by atoms with E-state index >= 15 is 0 Å². The summed E-state index contributed by atoms with van der Waals surface area (Å²) in [6.07, 6.45) is 0. The molecule has 0 fully saturated rings. The average molecular weight is 214 g/mol. The highest BCUT2D eigenvalue weighted by molar-refractivity contribution is 7.17. The van der Waals surface area contributed by atoms with Gasteiger partial charge in [-0.25, -0.2) is 0 Å². The molecule has 0 spiro atoms. The van der Waals surface area contributed by atoms with Crippen LogP contribution in [0.1, 0.15) is 0 Å². The molecule has 0 N–H and O–H groups in total. The molecule has 15 heavy (non-hydrogen) atoms. The maximum atomic E-state index is 5.37. The molecule has 2 heteroatoms. The van der Waals surface area contributed by atoms with Crippen molar-refractivity contribution in [2.75, 3.05) is 7.11 Å². The average Bonchev–Trinajstić information content (AvgIpc) is 2.70. The Labute approximate surface area is 92.3 Å². The Morgan fingerprint density at radius 3 is 2.87 bits per heavy atom. The molecular weight excluding hydrogens is 204 g/mol. The molecule has 0 atom stereocenters. The van der Waals surface area contributed by atoms with Crippen LogP contribution in [0.25, 0.3) is 21.2 Å². The van der Waals surface area contributed by atoms with Crippen molar-refractivity contribution in [2.24, 2.45) is 0 Å². The molecule has 0 amide bonds. The molecule has 74 valence electrons. The van der Waals surface area contributed by atoms with Crippen LogP contribution in [0.15, 0.2) is 41.8 Å². The molecule has 1 nitrogen and oxygen atoms in total. The second kappa shape index (κ2) is 3.24. The first-order chi connectivity index (χ1) is 7.40. The lowest BCUT2D eigenvalue weighted by Gasteiger charge is -1.97. The minimum Gasteiger partial charge on any atom is -0.495 e. The quantitative estimate of drug-likeness (QED) is 0.594. The van der Waals surface area contributed by atoms with Crippen molar-refractivity contribution in [1.82, 2.24) is 0 Å². The third kappa shape index (κ3) is 1.22. The lowest BCUT2D eigenvalue weighted by Crippen LogP contribution is -1.78. The molecule has 0 radical (unpaired) electrons. The van der Waals surface area contributed by atoms with E-state index < -0.39 is 0 Å². The summed E-state index contributed by atoms with van der Waals surface area (Å²) in [5.41, 5.74) is 2.55. The lowest BCUT2D eigenvalue weighted by molar-refractivity contribution is 0.421. The van der Waals surface area contributed by atoms with E-state index in [-0.39, 0.29) is 0 Å². The van der Waals surface area contributed by atoms with Gasteiger partial charge in [0.25, 0.3) is 0 Å². The summed E-state index contributed by atoms with van der Waals surface area (Å²) in [5, 5.41) is 3.31. The maximum absolute atomic E-state index is 5.37. The number of hydrogen-bond acceptors (Lipinski definition) is 2. The van der Waals surface area contributed by atoms with Crippen LogP contribution in [0.2, 0.25) is 0 Å². The fourth-order valence-electron chi connectivity index (χ4n) is 1.93. The summed E-state index contributed by atoms with van der Waals surface area (Å²) in [4.78, 5) is 0. The van der Waals surface area contributed by atoms with E-state index in [2.05, 4.69) is 35.7 Å². The van der Waals surface area contributed by atoms with Gasteiger partial charge in [-0.05, 0) is 17.2 Å². The van der Waals surface area contributed by atoms with E-state index in [4.69, 9.17) is 4.74 Å². The molecule has 2 aliphatic carbocycles. The fraction of sp³-hybridized carbons (Fsp3) is 0.0769. The molecule has 0 bridgehead atoms. The van der Waals surface area contributed by atoms with Crippen molar-refractivity contribution in [3.63, 3.8) is 0 Å². The Morgan fingerprint density at radius 2 is 2.00 bits per heavy atom. The van der Waals surface area contributed by atoms with Gasteiger partial charge in [0.05, 0.1) is 7.11 Å². The van der Waals surface area contributed by atoms with E-state index in [0.29, 0.717) is 0 Å². The molecular formula is C13H10OS. The van der Waals surface area contributed by atoms with E-state index in [1.165, 1.54) is 21.2 Å². The van der Waals surface area contributed by atoms with Crippen molar-refractivity contribution < 1.29 is 4.74 Å². The van der Waals surface area contributed by atoms with Gasteiger partial charge in [-0.1, -0.05) is 30.3 Å². The minimum absolute atomic E-state index is 0.983. The van der Waals surface area contributed by atoms with Crippen LogP contribution in [0.4, 0.5) is 0 Å². The number of rotatable bonds is 1. The van der Waals surface area contributed by atoms with Crippen molar-refractivity contribution in [3.05, 3.63) is 41.8 Å². The molecule has 1 heterocycles. The van der Waals surface area contributed by atoms with Crippen molar-refractivity contribution in [2.45, 2.75) is 0 Å². The number of hydrogen-bond donors (Lipinski definition) is 0. The maximum Gasteiger partial charge on any atom is 0.138 e. The van der Waals surface area contributed by atoms with Gasteiger partial charge in [0.1, 0.15) is 5.75 Å².